The lowest BCUT2D eigenvalue weighted by molar-refractivity contribution is -0.0273. The molecule has 9 heteroatoms. The summed E-state index contributed by atoms with van der Waals surface area (Å²) in [7, 11) is 0. The molecule has 3 saturated carbocycles. The second-order valence-corrected chi connectivity index (χ2v) is 7.86. The molecular weight excluding hydrogens is 409 g/mol. The van der Waals surface area contributed by atoms with E-state index in [4.69, 9.17) is 0 Å². The second-order valence-electron chi connectivity index (χ2n) is 7.86. The molecule has 1 aromatic heterocycles. The van der Waals surface area contributed by atoms with Gasteiger partial charge in [-0.25, -0.2) is 18.0 Å². The molecule has 6 rings (SSSR count). The quantitative estimate of drug-likeness (QED) is 0.223. The Morgan fingerprint density at radius 2 is 1.53 bits per heavy atom. The average molecular weight is 421 g/mol. The van der Waals surface area contributed by atoms with Gasteiger partial charge in [0, 0.05) is 5.52 Å². The summed E-state index contributed by atoms with van der Waals surface area (Å²) in [6, 6.07) is 6.55. The number of hydrogen-bond donors (Lipinski definition) is 1. The number of rotatable bonds is 3. The van der Waals surface area contributed by atoms with Crippen molar-refractivity contribution in [2.45, 2.75) is 24.7 Å². The van der Waals surface area contributed by atoms with Gasteiger partial charge in [0.1, 0.15) is 5.56 Å². The number of aromatic nitrogens is 1. The molecule has 0 radical (unpaired) electrons. The van der Waals surface area contributed by atoms with Crippen LogP contribution < -0.4 is 10.3 Å². The SMILES string of the molecule is O=C(Oc1c(F)c(F)c(F)c(F)c1F)c1cc2ccc(C34CC(C3)C4)cc2[nH]c1=O. The van der Waals surface area contributed by atoms with Gasteiger partial charge in [-0.15, -0.1) is 0 Å². The van der Waals surface area contributed by atoms with Crippen LogP contribution in [-0.4, -0.2) is 11.0 Å². The lowest BCUT2D eigenvalue weighted by atomic mass is 9.42. The van der Waals surface area contributed by atoms with Gasteiger partial charge in [0.15, 0.2) is 0 Å². The molecule has 0 aliphatic heterocycles. The van der Waals surface area contributed by atoms with Crippen molar-refractivity contribution in [2.75, 3.05) is 0 Å². The number of esters is 1. The zero-order chi connectivity index (χ0) is 21.4. The number of carbonyl (C=O) groups is 1. The van der Waals surface area contributed by atoms with Gasteiger partial charge in [0.25, 0.3) is 5.56 Å². The summed E-state index contributed by atoms with van der Waals surface area (Å²) in [6.45, 7) is 0. The van der Waals surface area contributed by atoms with Crippen LogP contribution in [0.3, 0.4) is 0 Å². The first-order chi connectivity index (χ1) is 14.2. The molecule has 3 aliphatic rings. The highest BCUT2D eigenvalue weighted by Crippen LogP contribution is 2.65. The molecule has 0 spiro atoms. The summed E-state index contributed by atoms with van der Waals surface area (Å²) in [4.78, 5) is 27.1. The van der Waals surface area contributed by atoms with E-state index in [1.165, 1.54) is 0 Å². The molecule has 30 heavy (non-hydrogen) atoms. The number of nitrogens with one attached hydrogen (secondary N) is 1. The molecule has 4 nitrogen and oxygen atoms in total. The third kappa shape index (κ3) is 2.50. The maximum atomic E-state index is 13.7. The van der Waals surface area contributed by atoms with Crippen molar-refractivity contribution in [3.8, 4) is 5.75 Å². The van der Waals surface area contributed by atoms with Crippen LogP contribution in [0.5, 0.6) is 5.75 Å². The van der Waals surface area contributed by atoms with E-state index in [9.17, 15) is 31.5 Å². The summed E-state index contributed by atoms with van der Waals surface area (Å²) in [5.41, 5.74) is 0.162. The number of benzene rings is 2. The molecule has 3 aliphatic carbocycles. The third-order valence-corrected chi connectivity index (χ3v) is 6.08. The maximum Gasteiger partial charge on any atom is 0.349 e. The standard InChI is InChI=1S/C21H12F5NO3/c22-13-14(23)16(25)18(17(26)15(13)24)30-20(29)11-3-9-1-2-10(4-12(9)27-19(11)28)21-5-8(6-21)7-21/h1-4,8H,5-7H2,(H,27,28). The van der Waals surface area contributed by atoms with Gasteiger partial charge in [-0.3, -0.25) is 4.79 Å². The Balaban J connectivity index is 1.50. The third-order valence-electron chi connectivity index (χ3n) is 6.08. The molecule has 2 bridgehead atoms. The van der Waals surface area contributed by atoms with E-state index in [1.54, 1.807) is 6.07 Å². The number of ether oxygens (including phenoxy) is 1. The highest BCUT2D eigenvalue weighted by Gasteiger charge is 2.57. The van der Waals surface area contributed by atoms with Crippen LogP contribution in [0, 0.1) is 35.0 Å². The van der Waals surface area contributed by atoms with Gasteiger partial charge in [0.05, 0.1) is 0 Å². The summed E-state index contributed by atoms with van der Waals surface area (Å²) >= 11 is 0. The van der Waals surface area contributed by atoms with Crippen LogP contribution in [0.1, 0.15) is 35.2 Å². The topological polar surface area (TPSA) is 59.2 Å². The van der Waals surface area contributed by atoms with Crippen molar-refractivity contribution >= 4 is 16.9 Å². The van der Waals surface area contributed by atoms with Crippen molar-refractivity contribution in [1.29, 1.82) is 0 Å². The van der Waals surface area contributed by atoms with Crippen LogP contribution >= 0.6 is 0 Å². The first-order valence-electron chi connectivity index (χ1n) is 9.11. The smallest absolute Gasteiger partial charge is 0.349 e. The largest absolute Gasteiger partial charge is 0.416 e. The van der Waals surface area contributed by atoms with E-state index in [2.05, 4.69) is 9.72 Å². The Hall–Kier alpha value is -3.23. The fourth-order valence-electron chi connectivity index (χ4n) is 4.34. The highest BCUT2D eigenvalue weighted by molar-refractivity contribution is 5.95. The number of carbonyl (C=O) groups excluding carboxylic acids is 1. The summed E-state index contributed by atoms with van der Waals surface area (Å²) < 4.78 is 71.6. The number of hydrogen-bond acceptors (Lipinski definition) is 3. The molecule has 0 unspecified atom stereocenters. The molecular formula is C21H12F5NO3. The van der Waals surface area contributed by atoms with Crippen LogP contribution in [0.25, 0.3) is 10.9 Å². The second kappa shape index (κ2) is 6.13. The molecule has 2 aromatic carbocycles. The van der Waals surface area contributed by atoms with Gasteiger partial charge in [-0.2, -0.15) is 8.78 Å². The number of halogens is 5. The maximum absolute atomic E-state index is 13.7. The van der Waals surface area contributed by atoms with Gasteiger partial charge < -0.3 is 9.72 Å². The Kier molecular flexibility index (Phi) is 3.84. The first-order valence-corrected chi connectivity index (χ1v) is 9.11. The lowest BCUT2D eigenvalue weighted by Gasteiger charge is -2.62. The number of H-pyrrole nitrogens is 1. The normalized spacial score (nSPS) is 21.8. The lowest BCUT2D eigenvalue weighted by Crippen LogP contribution is -2.55. The average Bonchev–Trinajstić information content (AvgIpc) is 2.65. The van der Waals surface area contributed by atoms with Crippen LogP contribution in [-0.2, 0) is 5.41 Å². The van der Waals surface area contributed by atoms with E-state index in [0.29, 0.717) is 10.9 Å². The number of fused-ring (bicyclic) bond motifs is 1. The zero-order valence-electron chi connectivity index (χ0n) is 15.1. The molecule has 3 aromatic rings. The minimum atomic E-state index is -2.38. The first kappa shape index (κ1) is 18.8. The van der Waals surface area contributed by atoms with E-state index >= 15 is 0 Å². The minimum Gasteiger partial charge on any atom is -0.416 e. The van der Waals surface area contributed by atoms with Crippen molar-refractivity contribution < 1.29 is 31.5 Å². The Bertz CT molecular complexity index is 1270. The summed E-state index contributed by atoms with van der Waals surface area (Å²) in [5, 5.41) is 0.453. The summed E-state index contributed by atoms with van der Waals surface area (Å²) in [5.74, 6) is -14.1. The van der Waals surface area contributed by atoms with Crippen LogP contribution in [0.15, 0.2) is 29.1 Å². The minimum absolute atomic E-state index is 0.152. The molecule has 3 fully saturated rings. The Morgan fingerprint density at radius 3 is 2.10 bits per heavy atom. The molecule has 0 amide bonds. The zero-order valence-corrected chi connectivity index (χ0v) is 15.1. The number of aromatic amines is 1. The van der Waals surface area contributed by atoms with E-state index in [0.717, 1.165) is 36.8 Å². The molecule has 1 heterocycles. The van der Waals surface area contributed by atoms with Gasteiger partial charge >= 0.3 is 5.97 Å². The molecule has 0 atom stereocenters. The van der Waals surface area contributed by atoms with E-state index < -0.39 is 51.9 Å². The monoisotopic (exact) mass is 421 g/mol. The molecule has 154 valence electrons. The highest BCUT2D eigenvalue weighted by atomic mass is 19.2. The van der Waals surface area contributed by atoms with Crippen molar-refractivity contribution in [3.05, 3.63) is 74.8 Å². The van der Waals surface area contributed by atoms with Gasteiger partial charge in [-0.05, 0) is 53.7 Å². The predicted molar refractivity (Wildman–Crippen MR) is 94.8 cm³/mol. The van der Waals surface area contributed by atoms with Crippen LogP contribution in [0.2, 0.25) is 0 Å². The van der Waals surface area contributed by atoms with Gasteiger partial charge in [0.2, 0.25) is 34.8 Å². The fraction of sp³-hybridized carbons (Fsp3) is 0.238. The van der Waals surface area contributed by atoms with E-state index in [-0.39, 0.29) is 5.41 Å². The Morgan fingerprint density at radius 1 is 0.933 bits per heavy atom. The predicted octanol–water partition coefficient (Wildman–Crippen LogP) is 4.49. The van der Waals surface area contributed by atoms with Crippen molar-refractivity contribution in [3.63, 3.8) is 0 Å². The molecule has 0 saturated heterocycles. The van der Waals surface area contributed by atoms with Gasteiger partial charge in [-0.1, -0.05) is 12.1 Å². The van der Waals surface area contributed by atoms with Crippen LogP contribution in [0.4, 0.5) is 22.0 Å². The Labute approximate surface area is 165 Å². The molecule has 1 N–H and O–H groups in total. The summed E-state index contributed by atoms with van der Waals surface area (Å²) in [6.07, 6.45) is 3.32. The van der Waals surface area contributed by atoms with E-state index in [1.807, 2.05) is 12.1 Å². The van der Waals surface area contributed by atoms with Crippen molar-refractivity contribution in [2.24, 2.45) is 5.92 Å². The number of pyridine rings is 1. The van der Waals surface area contributed by atoms with Crippen molar-refractivity contribution in [1.82, 2.24) is 4.98 Å². The fourth-order valence-corrected chi connectivity index (χ4v) is 4.34.